The van der Waals surface area contributed by atoms with Crippen LogP contribution in [0.15, 0.2) is 26.2 Å². The van der Waals surface area contributed by atoms with Gasteiger partial charge in [0.15, 0.2) is 10.1 Å². The smallest absolute Gasteiger partial charge is 0.263 e. The normalized spacial score (nSPS) is 13.5. The van der Waals surface area contributed by atoms with Crippen LogP contribution in [-0.4, -0.2) is 18.9 Å². The van der Waals surface area contributed by atoms with E-state index in [0.717, 1.165) is 65.3 Å². The Morgan fingerprint density at radius 1 is 1.19 bits per heavy atom. The standard InChI is InChI=1S/C22H24N4O2S3/c1-3-4-5-9-25-20(28)18-15-7-6-8-16(15)31-19(18)24-21(25)30-12-14-10-17(27)26-13(2)11-29-22(26)23-14/h10-11H,3-9,12H2,1-2H3. The zero-order chi connectivity index (χ0) is 21.5. The summed E-state index contributed by atoms with van der Waals surface area (Å²) < 4.78 is 3.49. The van der Waals surface area contributed by atoms with E-state index in [1.165, 1.54) is 33.5 Å². The molecule has 0 saturated carbocycles. The number of thiophene rings is 1. The van der Waals surface area contributed by atoms with Crippen molar-refractivity contribution >= 4 is 49.6 Å². The van der Waals surface area contributed by atoms with Crippen LogP contribution in [0.3, 0.4) is 0 Å². The molecule has 162 valence electrons. The minimum atomic E-state index is -0.0576. The first-order chi connectivity index (χ1) is 15.1. The van der Waals surface area contributed by atoms with Gasteiger partial charge in [0.1, 0.15) is 4.83 Å². The van der Waals surface area contributed by atoms with Crippen LogP contribution in [0, 0.1) is 6.92 Å². The second-order valence-corrected chi connectivity index (χ2v) is 10.8. The number of hydrogen-bond donors (Lipinski definition) is 0. The molecule has 0 saturated heterocycles. The Hall–Kier alpha value is -1.97. The van der Waals surface area contributed by atoms with Gasteiger partial charge < -0.3 is 0 Å². The van der Waals surface area contributed by atoms with Crippen molar-refractivity contribution < 1.29 is 0 Å². The molecule has 4 heterocycles. The highest BCUT2D eigenvalue weighted by Gasteiger charge is 2.23. The van der Waals surface area contributed by atoms with E-state index in [2.05, 4.69) is 11.9 Å². The van der Waals surface area contributed by atoms with E-state index in [9.17, 15) is 9.59 Å². The number of rotatable bonds is 7. The molecule has 1 aliphatic carbocycles. The van der Waals surface area contributed by atoms with Gasteiger partial charge in [-0.15, -0.1) is 22.7 Å². The minimum Gasteiger partial charge on any atom is -0.287 e. The molecular weight excluding hydrogens is 448 g/mol. The molecule has 0 N–H and O–H groups in total. The molecule has 4 aromatic heterocycles. The summed E-state index contributed by atoms with van der Waals surface area (Å²) in [5, 5.41) is 3.51. The number of thiazole rings is 1. The fourth-order valence-electron chi connectivity index (χ4n) is 4.20. The summed E-state index contributed by atoms with van der Waals surface area (Å²) in [5.74, 6) is 0.513. The van der Waals surface area contributed by atoms with Crippen LogP contribution in [0.25, 0.3) is 15.2 Å². The second kappa shape index (κ2) is 8.52. The van der Waals surface area contributed by atoms with Gasteiger partial charge in [0.05, 0.1) is 11.1 Å². The summed E-state index contributed by atoms with van der Waals surface area (Å²) in [6.45, 7) is 4.76. The molecule has 9 heteroatoms. The van der Waals surface area contributed by atoms with Crippen LogP contribution in [0.4, 0.5) is 0 Å². The number of thioether (sulfide) groups is 1. The number of unbranched alkanes of at least 4 members (excludes halogenated alkanes) is 2. The van der Waals surface area contributed by atoms with Crippen molar-refractivity contribution in [2.24, 2.45) is 0 Å². The summed E-state index contributed by atoms with van der Waals surface area (Å²) in [6, 6.07) is 1.59. The summed E-state index contributed by atoms with van der Waals surface area (Å²) in [6.07, 6.45) is 6.33. The van der Waals surface area contributed by atoms with E-state index in [4.69, 9.17) is 4.98 Å². The van der Waals surface area contributed by atoms with E-state index in [1.807, 2.05) is 16.9 Å². The Labute approximate surface area is 192 Å². The SMILES string of the molecule is CCCCCn1c(SCc2cc(=O)n3c(C)csc3n2)nc2sc3c(c2c1=O)CCC3. The average Bonchev–Trinajstić information content (AvgIpc) is 3.43. The summed E-state index contributed by atoms with van der Waals surface area (Å²) in [5.41, 5.74) is 2.89. The van der Waals surface area contributed by atoms with Gasteiger partial charge in [-0.2, -0.15) is 0 Å². The highest BCUT2D eigenvalue weighted by atomic mass is 32.2. The molecule has 6 nitrogen and oxygen atoms in total. The Balaban J connectivity index is 1.51. The molecule has 5 rings (SSSR count). The van der Waals surface area contributed by atoms with Crippen LogP contribution >= 0.6 is 34.4 Å². The number of hydrogen-bond acceptors (Lipinski definition) is 7. The fraction of sp³-hybridized carbons (Fsp3) is 0.455. The third-order valence-electron chi connectivity index (χ3n) is 5.75. The number of aromatic nitrogens is 4. The van der Waals surface area contributed by atoms with Crippen molar-refractivity contribution in [2.45, 2.75) is 69.8 Å². The molecule has 0 bridgehead atoms. The zero-order valence-electron chi connectivity index (χ0n) is 17.6. The number of aryl methyl sites for hydroxylation is 3. The van der Waals surface area contributed by atoms with Crippen molar-refractivity contribution in [3.05, 3.63) is 54.0 Å². The first-order valence-electron chi connectivity index (χ1n) is 10.7. The Kier molecular flexibility index (Phi) is 5.75. The quantitative estimate of drug-likeness (QED) is 0.219. The van der Waals surface area contributed by atoms with Gasteiger partial charge in [-0.3, -0.25) is 18.6 Å². The van der Waals surface area contributed by atoms with Gasteiger partial charge in [0.25, 0.3) is 11.1 Å². The Bertz CT molecular complexity index is 1400. The molecule has 0 radical (unpaired) electrons. The van der Waals surface area contributed by atoms with Crippen molar-refractivity contribution in [1.29, 1.82) is 0 Å². The summed E-state index contributed by atoms with van der Waals surface area (Å²) in [7, 11) is 0. The van der Waals surface area contributed by atoms with Crippen LogP contribution in [0.5, 0.6) is 0 Å². The molecule has 0 spiro atoms. The van der Waals surface area contributed by atoms with E-state index in [-0.39, 0.29) is 11.1 Å². The highest BCUT2D eigenvalue weighted by molar-refractivity contribution is 7.98. The van der Waals surface area contributed by atoms with Gasteiger partial charge in [-0.05, 0) is 38.2 Å². The fourth-order valence-corrected chi connectivity index (χ4v) is 7.31. The van der Waals surface area contributed by atoms with Gasteiger partial charge in [-0.1, -0.05) is 31.5 Å². The maximum Gasteiger partial charge on any atom is 0.263 e. The molecule has 0 fully saturated rings. The van der Waals surface area contributed by atoms with E-state index in [0.29, 0.717) is 17.3 Å². The first kappa shape index (κ1) is 20.9. The van der Waals surface area contributed by atoms with Crippen molar-refractivity contribution in [3.63, 3.8) is 0 Å². The number of nitrogens with zero attached hydrogens (tertiary/aromatic N) is 4. The van der Waals surface area contributed by atoms with Gasteiger partial charge in [0.2, 0.25) is 0 Å². The lowest BCUT2D eigenvalue weighted by Gasteiger charge is -2.12. The topological polar surface area (TPSA) is 69.3 Å². The second-order valence-electron chi connectivity index (χ2n) is 7.97. The molecule has 31 heavy (non-hydrogen) atoms. The Morgan fingerprint density at radius 2 is 2.06 bits per heavy atom. The first-order valence-corrected chi connectivity index (χ1v) is 13.4. The molecule has 0 unspecified atom stereocenters. The summed E-state index contributed by atoms with van der Waals surface area (Å²) in [4.78, 5) is 38.4. The lowest BCUT2D eigenvalue weighted by Crippen LogP contribution is -2.23. The third-order valence-corrected chi connectivity index (χ3v) is 8.89. The van der Waals surface area contributed by atoms with Gasteiger partial charge in [-0.25, -0.2) is 9.97 Å². The zero-order valence-corrected chi connectivity index (χ0v) is 20.1. The van der Waals surface area contributed by atoms with E-state index < -0.39 is 0 Å². The molecule has 4 aromatic rings. The van der Waals surface area contributed by atoms with Crippen molar-refractivity contribution in [2.75, 3.05) is 0 Å². The molecular formula is C22H24N4O2S3. The van der Waals surface area contributed by atoms with Crippen LogP contribution < -0.4 is 11.1 Å². The van der Waals surface area contributed by atoms with E-state index >= 15 is 0 Å². The highest BCUT2D eigenvalue weighted by Crippen LogP contribution is 2.36. The molecule has 0 aliphatic heterocycles. The predicted molar refractivity (Wildman–Crippen MR) is 129 cm³/mol. The summed E-state index contributed by atoms with van der Waals surface area (Å²) >= 11 is 4.65. The predicted octanol–water partition coefficient (Wildman–Crippen LogP) is 4.81. The van der Waals surface area contributed by atoms with E-state index in [1.54, 1.807) is 21.8 Å². The molecule has 0 amide bonds. The van der Waals surface area contributed by atoms with Crippen LogP contribution in [0.2, 0.25) is 0 Å². The lowest BCUT2D eigenvalue weighted by molar-refractivity contribution is 0.542. The minimum absolute atomic E-state index is 0.0576. The van der Waals surface area contributed by atoms with Gasteiger partial charge in [0, 0.05) is 34.3 Å². The molecule has 0 atom stereocenters. The van der Waals surface area contributed by atoms with Crippen LogP contribution in [0.1, 0.15) is 54.4 Å². The van der Waals surface area contributed by atoms with Crippen molar-refractivity contribution in [1.82, 2.24) is 18.9 Å². The monoisotopic (exact) mass is 472 g/mol. The third kappa shape index (κ3) is 3.76. The van der Waals surface area contributed by atoms with Crippen LogP contribution in [-0.2, 0) is 25.1 Å². The van der Waals surface area contributed by atoms with Gasteiger partial charge >= 0.3 is 0 Å². The maximum atomic E-state index is 13.5. The molecule has 0 aromatic carbocycles. The average molecular weight is 473 g/mol. The number of fused-ring (bicyclic) bond motifs is 4. The lowest BCUT2D eigenvalue weighted by atomic mass is 10.2. The Morgan fingerprint density at radius 3 is 2.90 bits per heavy atom. The largest absolute Gasteiger partial charge is 0.287 e. The van der Waals surface area contributed by atoms with Crippen molar-refractivity contribution in [3.8, 4) is 0 Å². The maximum absolute atomic E-state index is 13.5. The molecule has 1 aliphatic rings.